The number of nitrogens with zero attached hydrogens (tertiary/aromatic N) is 3. The maximum absolute atomic E-state index is 11.9. The Morgan fingerprint density at radius 3 is 2.57 bits per heavy atom. The van der Waals surface area contributed by atoms with Crippen molar-refractivity contribution in [2.45, 2.75) is 6.92 Å². The molecule has 1 aromatic heterocycles. The molecule has 1 amide bonds. The minimum absolute atomic E-state index is 0.171. The Labute approximate surface area is 144 Å². The van der Waals surface area contributed by atoms with Crippen molar-refractivity contribution in [2.75, 3.05) is 32.5 Å². The molecule has 0 bridgehead atoms. The predicted molar refractivity (Wildman–Crippen MR) is 95.1 cm³/mol. The summed E-state index contributed by atoms with van der Waals surface area (Å²) in [5.74, 6) is 0.273. The minimum atomic E-state index is -0.171. The van der Waals surface area contributed by atoms with Crippen LogP contribution in [-0.4, -0.2) is 48.0 Å². The molecule has 7 heteroatoms. The lowest BCUT2D eigenvalue weighted by molar-refractivity contribution is 0.0950. The van der Waals surface area contributed by atoms with Crippen molar-refractivity contribution >= 4 is 33.5 Å². The lowest BCUT2D eigenvalue weighted by Crippen LogP contribution is -2.31. The first-order valence-corrected chi connectivity index (χ1v) is 8.03. The van der Waals surface area contributed by atoms with Crippen LogP contribution in [0.5, 0.6) is 0 Å². The highest BCUT2D eigenvalue weighted by Crippen LogP contribution is 2.25. The fourth-order valence-electron chi connectivity index (χ4n) is 1.85. The number of benzene rings is 1. The zero-order valence-electron chi connectivity index (χ0n) is 13.4. The zero-order chi connectivity index (χ0) is 16.8. The Kier molecular flexibility index (Phi) is 6.06. The number of aryl methyl sites for hydroxylation is 1. The summed E-state index contributed by atoms with van der Waals surface area (Å²) in [6.45, 7) is 3.39. The zero-order valence-corrected chi connectivity index (χ0v) is 15.0. The highest BCUT2D eigenvalue weighted by Gasteiger charge is 2.08. The standard InChI is InChI=1S/C16H20BrN5O/c1-11-4-5-14(13(17)8-11)21-16-19-9-12(10-20-16)15(23)18-6-7-22(2)3/h4-5,8-10H,6-7H2,1-3H3,(H,18,23)(H,19,20,21). The van der Waals surface area contributed by atoms with E-state index >= 15 is 0 Å². The van der Waals surface area contributed by atoms with Gasteiger partial charge in [0, 0.05) is 30.0 Å². The molecule has 23 heavy (non-hydrogen) atoms. The molecule has 0 fully saturated rings. The van der Waals surface area contributed by atoms with E-state index in [4.69, 9.17) is 0 Å². The Bertz CT molecular complexity index is 673. The monoisotopic (exact) mass is 377 g/mol. The first kappa shape index (κ1) is 17.4. The molecule has 0 aliphatic rings. The van der Waals surface area contributed by atoms with Crippen LogP contribution in [-0.2, 0) is 0 Å². The van der Waals surface area contributed by atoms with Crippen molar-refractivity contribution in [2.24, 2.45) is 0 Å². The van der Waals surface area contributed by atoms with E-state index in [2.05, 4.69) is 36.5 Å². The van der Waals surface area contributed by atoms with Gasteiger partial charge in [0.2, 0.25) is 5.95 Å². The molecule has 0 aliphatic carbocycles. The fourth-order valence-corrected chi connectivity index (χ4v) is 2.44. The third-order valence-electron chi connectivity index (χ3n) is 3.13. The fraction of sp³-hybridized carbons (Fsp3) is 0.312. The summed E-state index contributed by atoms with van der Waals surface area (Å²) in [6, 6.07) is 5.96. The number of carbonyl (C=O) groups excluding carboxylic acids is 1. The predicted octanol–water partition coefficient (Wildman–Crippen LogP) is 2.58. The van der Waals surface area contributed by atoms with Crippen LogP contribution in [0.2, 0.25) is 0 Å². The molecule has 2 aromatic rings. The molecule has 2 N–H and O–H groups in total. The summed E-state index contributed by atoms with van der Waals surface area (Å²) in [5.41, 5.74) is 2.48. The number of anilines is 2. The van der Waals surface area contributed by atoms with Crippen LogP contribution in [0, 0.1) is 6.92 Å². The number of nitrogens with one attached hydrogen (secondary N) is 2. The third-order valence-corrected chi connectivity index (χ3v) is 3.79. The van der Waals surface area contributed by atoms with Gasteiger partial charge in [-0.05, 0) is 54.6 Å². The van der Waals surface area contributed by atoms with E-state index in [9.17, 15) is 4.79 Å². The number of carbonyl (C=O) groups is 1. The molecule has 0 aliphatic heterocycles. The molecule has 0 spiro atoms. The van der Waals surface area contributed by atoms with Crippen LogP contribution in [0.4, 0.5) is 11.6 Å². The van der Waals surface area contributed by atoms with Gasteiger partial charge in [0.15, 0.2) is 0 Å². The Morgan fingerprint density at radius 2 is 1.96 bits per heavy atom. The van der Waals surface area contributed by atoms with E-state index in [1.54, 1.807) is 0 Å². The van der Waals surface area contributed by atoms with Gasteiger partial charge in [0.05, 0.1) is 11.3 Å². The summed E-state index contributed by atoms with van der Waals surface area (Å²) in [6.07, 6.45) is 3.03. The van der Waals surface area contributed by atoms with Crippen molar-refractivity contribution in [3.05, 3.63) is 46.2 Å². The van der Waals surface area contributed by atoms with Gasteiger partial charge < -0.3 is 15.5 Å². The average molecular weight is 378 g/mol. The van der Waals surface area contributed by atoms with Crippen LogP contribution in [0.15, 0.2) is 35.1 Å². The molecule has 1 aromatic carbocycles. The molecule has 0 unspecified atom stereocenters. The van der Waals surface area contributed by atoms with Crippen molar-refractivity contribution < 1.29 is 4.79 Å². The number of aromatic nitrogens is 2. The normalized spacial score (nSPS) is 10.7. The smallest absolute Gasteiger partial charge is 0.254 e. The van der Waals surface area contributed by atoms with Gasteiger partial charge in [0.25, 0.3) is 5.91 Å². The highest BCUT2D eigenvalue weighted by molar-refractivity contribution is 9.10. The van der Waals surface area contributed by atoms with Gasteiger partial charge >= 0.3 is 0 Å². The largest absolute Gasteiger partial charge is 0.351 e. The maximum Gasteiger partial charge on any atom is 0.254 e. The van der Waals surface area contributed by atoms with E-state index < -0.39 is 0 Å². The summed E-state index contributed by atoms with van der Waals surface area (Å²) in [7, 11) is 3.91. The topological polar surface area (TPSA) is 70.2 Å². The number of hydrogen-bond acceptors (Lipinski definition) is 5. The van der Waals surface area contributed by atoms with Gasteiger partial charge in [0.1, 0.15) is 0 Å². The van der Waals surface area contributed by atoms with E-state index in [1.165, 1.54) is 12.4 Å². The molecule has 0 saturated carbocycles. The molecule has 122 valence electrons. The first-order valence-electron chi connectivity index (χ1n) is 7.24. The number of amides is 1. The van der Waals surface area contributed by atoms with Crippen LogP contribution in [0.25, 0.3) is 0 Å². The summed E-state index contributed by atoms with van der Waals surface area (Å²) in [5, 5.41) is 5.94. The highest BCUT2D eigenvalue weighted by atomic mass is 79.9. The second-order valence-electron chi connectivity index (χ2n) is 5.46. The maximum atomic E-state index is 11.9. The quantitative estimate of drug-likeness (QED) is 0.809. The van der Waals surface area contributed by atoms with Gasteiger partial charge in [-0.2, -0.15) is 0 Å². The number of halogens is 1. The lowest BCUT2D eigenvalue weighted by atomic mass is 10.2. The van der Waals surface area contributed by atoms with E-state index in [1.807, 2.05) is 44.1 Å². The summed E-state index contributed by atoms with van der Waals surface area (Å²) < 4.78 is 0.937. The van der Waals surface area contributed by atoms with E-state index in [-0.39, 0.29) is 5.91 Å². The molecule has 0 atom stereocenters. The number of rotatable bonds is 6. The van der Waals surface area contributed by atoms with Crippen molar-refractivity contribution in [3.63, 3.8) is 0 Å². The Balaban J connectivity index is 1.97. The minimum Gasteiger partial charge on any atom is -0.351 e. The van der Waals surface area contributed by atoms with E-state index in [0.717, 1.165) is 22.3 Å². The Morgan fingerprint density at radius 1 is 1.26 bits per heavy atom. The van der Waals surface area contributed by atoms with Crippen molar-refractivity contribution in [3.8, 4) is 0 Å². The van der Waals surface area contributed by atoms with Crippen molar-refractivity contribution in [1.29, 1.82) is 0 Å². The third kappa shape index (κ3) is 5.30. The average Bonchev–Trinajstić information content (AvgIpc) is 2.50. The SMILES string of the molecule is Cc1ccc(Nc2ncc(C(=O)NCCN(C)C)cn2)c(Br)c1. The lowest BCUT2D eigenvalue weighted by Gasteiger charge is -2.10. The molecular formula is C16H20BrN5O. The van der Waals surface area contributed by atoms with Gasteiger partial charge in [-0.15, -0.1) is 0 Å². The van der Waals surface area contributed by atoms with E-state index in [0.29, 0.717) is 18.1 Å². The number of likely N-dealkylation sites (N-methyl/N-ethyl adjacent to an activating group) is 1. The Hall–Kier alpha value is -1.99. The van der Waals surface area contributed by atoms with Gasteiger partial charge in [-0.3, -0.25) is 4.79 Å². The van der Waals surface area contributed by atoms with Gasteiger partial charge in [-0.1, -0.05) is 6.07 Å². The molecule has 2 rings (SSSR count). The van der Waals surface area contributed by atoms with Crippen LogP contribution in [0.3, 0.4) is 0 Å². The van der Waals surface area contributed by atoms with Gasteiger partial charge in [-0.25, -0.2) is 9.97 Å². The summed E-state index contributed by atoms with van der Waals surface area (Å²) in [4.78, 5) is 22.3. The second kappa shape index (κ2) is 8.03. The summed E-state index contributed by atoms with van der Waals surface area (Å²) >= 11 is 3.50. The molecule has 1 heterocycles. The molecule has 0 saturated heterocycles. The van der Waals surface area contributed by atoms with Crippen LogP contribution in [0.1, 0.15) is 15.9 Å². The number of hydrogen-bond donors (Lipinski definition) is 2. The molecular weight excluding hydrogens is 358 g/mol. The second-order valence-corrected chi connectivity index (χ2v) is 6.32. The van der Waals surface area contributed by atoms with Crippen LogP contribution < -0.4 is 10.6 Å². The van der Waals surface area contributed by atoms with Crippen molar-refractivity contribution in [1.82, 2.24) is 20.2 Å². The first-order chi connectivity index (χ1) is 11.0. The molecule has 6 nitrogen and oxygen atoms in total. The molecule has 0 radical (unpaired) electrons. The van der Waals surface area contributed by atoms with Crippen LogP contribution >= 0.6 is 15.9 Å².